The van der Waals surface area contributed by atoms with Crippen LogP contribution in [0, 0.1) is 11.3 Å². The molecule has 1 unspecified atom stereocenters. The highest BCUT2D eigenvalue weighted by Crippen LogP contribution is 2.36. The van der Waals surface area contributed by atoms with Gasteiger partial charge in [0.05, 0.1) is 24.3 Å². The predicted molar refractivity (Wildman–Crippen MR) is 105 cm³/mol. The molecule has 0 spiro atoms. The third-order valence-electron chi connectivity index (χ3n) is 5.40. The van der Waals surface area contributed by atoms with Crippen molar-refractivity contribution >= 4 is 5.91 Å². The second-order valence-corrected chi connectivity index (χ2v) is 8.04. The fourth-order valence-corrected chi connectivity index (χ4v) is 3.77. The summed E-state index contributed by atoms with van der Waals surface area (Å²) in [4.78, 5) is 12.7. The molecule has 4 rings (SSSR count). The van der Waals surface area contributed by atoms with Gasteiger partial charge in [-0.25, -0.2) is 4.68 Å². The van der Waals surface area contributed by atoms with Gasteiger partial charge in [-0.15, -0.1) is 0 Å². The Morgan fingerprint density at radius 1 is 1.26 bits per heavy atom. The summed E-state index contributed by atoms with van der Waals surface area (Å²) in [6, 6.07) is 7.84. The van der Waals surface area contributed by atoms with Crippen LogP contribution in [0.3, 0.4) is 0 Å². The number of hydrogen-bond donors (Lipinski definition) is 1. The minimum atomic E-state index is -5.61. The van der Waals surface area contributed by atoms with E-state index in [9.17, 15) is 31.1 Å². The zero-order chi connectivity index (χ0) is 25.4. The largest absolute Gasteiger partial charge is 0.491 e. The van der Waals surface area contributed by atoms with Crippen LogP contribution in [0.15, 0.2) is 24.3 Å². The highest BCUT2D eigenvalue weighted by Gasteiger charge is 2.58. The Bertz CT molecular complexity index is 1130. The molecule has 0 fully saturated rings. The van der Waals surface area contributed by atoms with E-state index in [4.69, 9.17) is 14.7 Å². The maximum absolute atomic E-state index is 12.7. The summed E-state index contributed by atoms with van der Waals surface area (Å²) in [5.41, 5.74) is 1.17. The van der Waals surface area contributed by atoms with Crippen molar-refractivity contribution in [1.29, 1.82) is 5.26 Å². The maximum atomic E-state index is 12.7. The van der Waals surface area contributed by atoms with E-state index >= 15 is 0 Å². The lowest BCUT2D eigenvalue weighted by atomic mass is 10.0. The van der Waals surface area contributed by atoms with Gasteiger partial charge < -0.3 is 19.5 Å². The van der Waals surface area contributed by atoms with Crippen LogP contribution in [0.25, 0.3) is 0 Å². The van der Waals surface area contributed by atoms with E-state index in [-0.39, 0.29) is 31.1 Å². The summed E-state index contributed by atoms with van der Waals surface area (Å²) in [6.45, 7) is -0.649. The summed E-state index contributed by atoms with van der Waals surface area (Å²) in [5.74, 6) is 0.0763. The third kappa shape index (κ3) is 5.61. The van der Waals surface area contributed by atoms with Crippen LogP contribution >= 0.6 is 0 Å². The first-order chi connectivity index (χ1) is 16.4. The zero-order valence-electron chi connectivity index (χ0n) is 17.8. The van der Waals surface area contributed by atoms with Crippen LogP contribution < -0.4 is 14.8 Å². The van der Waals surface area contributed by atoms with Gasteiger partial charge in [0.1, 0.15) is 18.5 Å². The Kier molecular flexibility index (Phi) is 6.54. The molecule has 3 heterocycles. The normalized spacial score (nSPS) is 19.7. The summed E-state index contributed by atoms with van der Waals surface area (Å²) in [7, 11) is 0. The average molecular weight is 504 g/mol. The van der Waals surface area contributed by atoms with Crippen LogP contribution in [0.5, 0.6) is 11.6 Å². The number of amides is 1. The molecule has 1 aromatic heterocycles. The van der Waals surface area contributed by atoms with Gasteiger partial charge in [-0.05, 0) is 30.2 Å². The van der Waals surface area contributed by atoms with Crippen molar-refractivity contribution in [3.05, 3.63) is 41.1 Å². The molecular formula is C21H18F6N4O4. The number of nitrogens with zero attached hydrogens (tertiary/aromatic N) is 3. The third-order valence-corrected chi connectivity index (χ3v) is 5.40. The number of benzene rings is 1. The van der Waals surface area contributed by atoms with Gasteiger partial charge in [-0.3, -0.25) is 4.79 Å². The summed E-state index contributed by atoms with van der Waals surface area (Å²) in [6.07, 6.45) is -15.8. The van der Waals surface area contributed by atoms with Crippen LogP contribution in [-0.4, -0.2) is 59.5 Å². The quantitative estimate of drug-likeness (QED) is 0.629. The first kappa shape index (κ1) is 24.6. The molecule has 2 aromatic rings. The number of carbonyl (C=O) groups is 1. The van der Waals surface area contributed by atoms with E-state index in [2.05, 4.69) is 15.2 Å². The smallest absolute Gasteiger partial charge is 0.423 e. The molecule has 2 aliphatic heterocycles. The first-order valence-electron chi connectivity index (χ1n) is 10.4. The van der Waals surface area contributed by atoms with Crippen molar-refractivity contribution in [3.63, 3.8) is 0 Å². The molecule has 0 bridgehead atoms. The lowest BCUT2D eigenvalue weighted by Crippen LogP contribution is -2.46. The first-order valence-corrected chi connectivity index (χ1v) is 10.4. The highest BCUT2D eigenvalue weighted by molar-refractivity contribution is 5.92. The lowest BCUT2D eigenvalue weighted by Gasteiger charge is -2.28. The second-order valence-electron chi connectivity index (χ2n) is 8.04. The fourth-order valence-electron chi connectivity index (χ4n) is 3.77. The number of ether oxygens (including phenoxy) is 3. The van der Waals surface area contributed by atoms with Gasteiger partial charge in [0, 0.05) is 19.0 Å². The molecule has 1 N–H and O–H groups in total. The van der Waals surface area contributed by atoms with Crippen molar-refractivity contribution in [2.45, 2.75) is 50.0 Å². The SMILES string of the molecule is N#Cc1ccc2c(c1)C[C@@H](NC(=O)c1cc3n(n1)CCC(COC(C(F)(F)F)C(F)(F)F)O3)CO2. The van der Waals surface area contributed by atoms with E-state index < -0.39 is 43.1 Å². The van der Waals surface area contributed by atoms with E-state index in [0.717, 1.165) is 5.56 Å². The zero-order valence-corrected chi connectivity index (χ0v) is 17.8. The number of rotatable bonds is 5. The minimum absolute atomic E-state index is 0.0227. The molecule has 2 aliphatic rings. The summed E-state index contributed by atoms with van der Waals surface area (Å²) < 4.78 is 92.3. The standard InChI is InChI=1S/C21H18F6N4O4/c22-20(23,24)19(21(25,26)27)34-10-14-3-4-31-17(35-14)7-15(30-31)18(32)29-13-6-12-5-11(8-28)1-2-16(12)33-9-13/h1-2,5,7,13-14,19H,3-4,6,9-10H2,(H,29,32)/t13-,14?/m1/s1. The Hall–Kier alpha value is -3.47. The van der Waals surface area contributed by atoms with E-state index in [1.54, 1.807) is 18.2 Å². The molecule has 14 heteroatoms. The van der Waals surface area contributed by atoms with Crippen LogP contribution in [0.1, 0.15) is 28.0 Å². The molecule has 8 nitrogen and oxygen atoms in total. The van der Waals surface area contributed by atoms with Crippen molar-refractivity contribution in [2.75, 3.05) is 13.2 Å². The Balaban J connectivity index is 1.35. The maximum Gasteiger partial charge on any atom is 0.423 e. The van der Waals surface area contributed by atoms with Gasteiger partial charge in [0.25, 0.3) is 5.91 Å². The fraction of sp³-hybridized carbons (Fsp3) is 0.476. The molecule has 188 valence electrons. The number of aromatic nitrogens is 2. The highest BCUT2D eigenvalue weighted by atomic mass is 19.4. The lowest BCUT2D eigenvalue weighted by molar-refractivity contribution is -0.324. The number of alkyl halides is 6. The molecule has 0 aliphatic carbocycles. The second kappa shape index (κ2) is 9.29. The minimum Gasteiger partial charge on any atom is -0.491 e. The molecule has 0 saturated heterocycles. The number of nitriles is 1. The Morgan fingerprint density at radius 2 is 2.00 bits per heavy atom. The number of carbonyl (C=O) groups excluding carboxylic acids is 1. The van der Waals surface area contributed by atoms with Gasteiger partial charge >= 0.3 is 12.4 Å². The van der Waals surface area contributed by atoms with Gasteiger partial charge in [-0.2, -0.15) is 36.7 Å². The Labute approximate surface area is 194 Å². The van der Waals surface area contributed by atoms with Crippen LogP contribution in [0.4, 0.5) is 26.3 Å². The summed E-state index contributed by atoms with van der Waals surface area (Å²) in [5, 5.41) is 15.9. The van der Waals surface area contributed by atoms with E-state index in [0.29, 0.717) is 17.7 Å². The van der Waals surface area contributed by atoms with E-state index in [1.807, 2.05) is 6.07 Å². The molecular weight excluding hydrogens is 486 g/mol. The monoisotopic (exact) mass is 504 g/mol. The number of nitrogens with one attached hydrogen (secondary N) is 1. The molecule has 0 radical (unpaired) electrons. The van der Waals surface area contributed by atoms with Crippen molar-refractivity contribution < 1.29 is 45.3 Å². The van der Waals surface area contributed by atoms with Gasteiger partial charge in [-0.1, -0.05) is 0 Å². The van der Waals surface area contributed by atoms with E-state index in [1.165, 1.54) is 10.7 Å². The topological polar surface area (TPSA) is 98.4 Å². The van der Waals surface area contributed by atoms with Crippen LogP contribution in [-0.2, 0) is 17.7 Å². The molecule has 1 aromatic carbocycles. The number of halogens is 6. The van der Waals surface area contributed by atoms with Crippen molar-refractivity contribution in [3.8, 4) is 17.7 Å². The van der Waals surface area contributed by atoms with Gasteiger partial charge in [0.15, 0.2) is 5.69 Å². The van der Waals surface area contributed by atoms with Crippen LogP contribution in [0.2, 0.25) is 0 Å². The number of aryl methyl sites for hydroxylation is 1. The Morgan fingerprint density at radius 3 is 2.69 bits per heavy atom. The van der Waals surface area contributed by atoms with Crippen molar-refractivity contribution in [1.82, 2.24) is 15.1 Å². The molecule has 2 atom stereocenters. The predicted octanol–water partition coefficient (Wildman–Crippen LogP) is 3.15. The molecule has 35 heavy (non-hydrogen) atoms. The summed E-state index contributed by atoms with van der Waals surface area (Å²) >= 11 is 0. The van der Waals surface area contributed by atoms with Gasteiger partial charge in [0.2, 0.25) is 12.0 Å². The van der Waals surface area contributed by atoms with Crippen molar-refractivity contribution in [2.24, 2.45) is 0 Å². The number of fused-ring (bicyclic) bond motifs is 2. The molecule has 0 saturated carbocycles. The average Bonchev–Trinajstić information content (AvgIpc) is 3.20. The molecule has 1 amide bonds. The number of hydrogen-bond acceptors (Lipinski definition) is 6.